The monoisotopic (exact) mass is 232 g/mol. The van der Waals surface area contributed by atoms with Crippen LogP contribution in [0.2, 0.25) is 0 Å². The van der Waals surface area contributed by atoms with Gasteiger partial charge in [-0.25, -0.2) is 0 Å². The highest BCUT2D eigenvalue weighted by molar-refractivity contribution is 5.58. The second-order valence-electron chi connectivity index (χ2n) is 3.79. The zero-order chi connectivity index (χ0) is 12.1. The summed E-state index contributed by atoms with van der Waals surface area (Å²) in [5.74, 6) is 0. The van der Waals surface area contributed by atoms with E-state index >= 15 is 0 Å². The van der Waals surface area contributed by atoms with Gasteiger partial charge in [-0.1, -0.05) is 23.4 Å². The molecule has 0 aliphatic heterocycles. The van der Waals surface area contributed by atoms with Crippen molar-refractivity contribution in [2.75, 3.05) is 13.7 Å². The smallest absolute Gasteiger partial charge is 0.113 e. The molecule has 0 spiro atoms. The van der Waals surface area contributed by atoms with Gasteiger partial charge in [0.25, 0.3) is 0 Å². The van der Waals surface area contributed by atoms with Crippen LogP contribution in [0.25, 0.3) is 11.3 Å². The second kappa shape index (κ2) is 5.56. The summed E-state index contributed by atoms with van der Waals surface area (Å²) < 4.78 is 6.85. The van der Waals surface area contributed by atoms with Gasteiger partial charge in [0.05, 0.1) is 19.3 Å². The molecule has 90 valence electrons. The number of nitrogens with zero attached hydrogens (tertiary/aromatic N) is 3. The van der Waals surface area contributed by atoms with Crippen molar-refractivity contribution in [2.24, 2.45) is 5.73 Å². The van der Waals surface area contributed by atoms with Crippen molar-refractivity contribution in [3.63, 3.8) is 0 Å². The van der Waals surface area contributed by atoms with Crippen LogP contribution in [-0.4, -0.2) is 28.6 Å². The summed E-state index contributed by atoms with van der Waals surface area (Å²) in [5.41, 5.74) is 8.49. The van der Waals surface area contributed by atoms with Crippen LogP contribution in [0.4, 0.5) is 0 Å². The van der Waals surface area contributed by atoms with E-state index < -0.39 is 0 Å². The largest absolute Gasteiger partial charge is 0.380 e. The van der Waals surface area contributed by atoms with Gasteiger partial charge < -0.3 is 10.5 Å². The Kier molecular flexibility index (Phi) is 3.85. The van der Waals surface area contributed by atoms with Gasteiger partial charge in [0.2, 0.25) is 0 Å². The van der Waals surface area contributed by atoms with Crippen LogP contribution in [0.1, 0.15) is 5.56 Å². The van der Waals surface area contributed by atoms with Gasteiger partial charge in [-0.3, -0.25) is 4.68 Å². The molecular formula is C12H16N4O. The standard InChI is InChI=1S/C12H16N4O/c1-17-9-10-3-2-4-11(7-10)12-8-16(6-5-13)15-14-12/h2-4,7-8H,5-6,9,13H2,1H3. The first-order valence-electron chi connectivity index (χ1n) is 5.52. The Bertz CT molecular complexity index is 481. The number of rotatable bonds is 5. The highest BCUT2D eigenvalue weighted by atomic mass is 16.5. The maximum atomic E-state index is 5.47. The number of nitrogens with two attached hydrogens (primary N) is 1. The molecule has 1 heterocycles. The molecule has 17 heavy (non-hydrogen) atoms. The van der Waals surface area contributed by atoms with Gasteiger partial charge >= 0.3 is 0 Å². The van der Waals surface area contributed by atoms with Crippen molar-refractivity contribution in [1.82, 2.24) is 15.0 Å². The molecule has 1 aromatic carbocycles. The van der Waals surface area contributed by atoms with Crippen molar-refractivity contribution in [2.45, 2.75) is 13.2 Å². The first-order valence-corrected chi connectivity index (χ1v) is 5.52. The Morgan fingerprint density at radius 3 is 3.06 bits per heavy atom. The zero-order valence-electron chi connectivity index (χ0n) is 9.84. The molecule has 0 unspecified atom stereocenters. The minimum atomic E-state index is 0.562. The summed E-state index contributed by atoms with van der Waals surface area (Å²) in [6.45, 7) is 1.85. The van der Waals surface area contributed by atoms with Crippen molar-refractivity contribution in [1.29, 1.82) is 0 Å². The first-order chi connectivity index (χ1) is 8.33. The van der Waals surface area contributed by atoms with E-state index in [4.69, 9.17) is 10.5 Å². The molecule has 0 radical (unpaired) electrons. The topological polar surface area (TPSA) is 66.0 Å². The molecule has 0 fully saturated rings. The fraction of sp³-hybridized carbons (Fsp3) is 0.333. The average molecular weight is 232 g/mol. The van der Waals surface area contributed by atoms with Crippen molar-refractivity contribution >= 4 is 0 Å². The zero-order valence-corrected chi connectivity index (χ0v) is 9.84. The summed E-state index contributed by atoms with van der Waals surface area (Å²) >= 11 is 0. The molecule has 0 saturated heterocycles. The van der Waals surface area contributed by atoms with E-state index in [0.29, 0.717) is 19.7 Å². The summed E-state index contributed by atoms with van der Waals surface area (Å²) in [7, 11) is 1.68. The minimum absolute atomic E-state index is 0.562. The van der Waals surface area contributed by atoms with Gasteiger partial charge in [-0.05, 0) is 11.6 Å². The molecular weight excluding hydrogens is 216 g/mol. The lowest BCUT2D eigenvalue weighted by molar-refractivity contribution is 0.185. The van der Waals surface area contributed by atoms with Crippen LogP contribution in [0.3, 0.4) is 0 Å². The predicted octanol–water partition coefficient (Wildman–Crippen LogP) is 1.05. The van der Waals surface area contributed by atoms with E-state index in [0.717, 1.165) is 16.8 Å². The summed E-state index contributed by atoms with van der Waals surface area (Å²) in [6.07, 6.45) is 1.90. The number of ether oxygens (including phenoxy) is 1. The molecule has 0 aliphatic rings. The molecule has 2 aromatic rings. The van der Waals surface area contributed by atoms with Gasteiger partial charge in [0.1, 0.15) is 5.69 Å². The first kappa shape index (κ1) is 11.8. The van der Waals surface area contributed by atoms with E-state index in [9.17, 15) is 0 Å². The van der Waals surface area contributed by atoms with Gasteiger partial charge in [-0.2, -0.15) is 0 Å². The highest BCUT2D eigenvalue weighted by Gasteiger charge is 2.04. The Morgan fingerprint density at radius 2 is 2.29 bits per heavy atom. The third kappa shape index (κ3) is 2.89. The summed E-state index contributed by atoms with van der Waals surface area (Å²) in [4.78, 5) is 0. The van der Waals surface area contributed by atoms with E-state index in [1.165, 1.54) is 0 Å². The molecule has 2 N–H and O–H groups in total. The maximum absolute atomic E-state index is 5.47. The van der Waals surface area contributed by atoms with Crippen LogP contribution in [-0.2, 0) is 17.9 Å². The Hall–Kier alpha value is -1.72. The minimum Gasteiger partial charge on any atom is -0.380 e. The molecule has 0 saturated carbocycles. The van der Waals surface area contributed by atoms with Crippen LogP contribution < -0.4 is 5.73 Å². The molecule has 2 rings (SSSR count). The Morgan fingerprint density at radius 1 is 1.41 bits per heavy atom. The van der Waals surface area contributed by atoms with Gasteiger partial charge in [-0.15, -0.1) is 5.10 Å². The lowest BCUT2D eigenvalue weighted by atomic mass is 10.1. The lowest BCUT2D eigenvalue weighted by Crippen LogP contribution is -2.10. The van der Waals surface area contributed by atoms with Crippen molar-refractivity contribution < 1.29 is 4.74 Å². The SMILES string of the molecule is COCc1cccc(-c2cn(CCN)nn2)c1. The van der Waals surface area contributed by atoms with Crippen LogP contribution in [0.5, 0.6) is 0 Å². The van der Waals surface area contributed by atoms with Crippen LogP contribution >= 0.6 is 0 Å². The summed E-state index contributed by atoms with van der Waals surface area (Å²) in [6, 6.07) is 8.08. The van der Waals surface area contributed by atoms with Crippen molar-refractivity contribution in [3.8, 4) is 11.3 Å². The second-order valence-corrected chi connectivity index (χ2v) is 3.79. The van der Waals surface area contributed by atoms with Crippen LogP contribution in [0, 0.1) is 0 Å². The fourth-order valence-corrected chi connectivity index (χ4v) is 1.66. The number of hydrogen-bond acceptors (Lipinski definition) is 4. The third-order valence-electron chi connectivity index (χ3n) is 2.43. The third-order valence-corrected chi connectivity index (χ3v) is 2.43. The molecule has 0 bridgehead atoms. The summed E-state index contributed by atoms with van der Waals surface area (Å²) in [5, 5.41) is 8.14. The Labute approximate surface area is 100 Å². The van der Waals surface area contributed by atoms with Crippen LogP contribution in [0.15, 0.2) is 30.5 Å². The number of hydrogen-bond donors (Lipinski definition) is 1. The lowest BCUT2D eigenvalue weighted by Gasteiger charge is -2.01. The number of methoxy groups -OCH3 is 1. The van der Waals surface area contributed by atoms with E-state index in [-0.39, 0.29) is 0 Å². The predicted molar refractivity (Wildman–Crippen MR) is 65.2 cm³/mol. The molecule has 5 heteroatoms. The van der Waals surface area contributed by atoms with E-state index in [2.05, 4.69) is 16.4 Å². The van der Waals surface area contributed by atoms with E-state index in [1.807, 2.05) is 24.4 Å². The number of benzene rings is 1. The molecule has 0 aliphatic carbocycles. The molecule has 0 atom stereocenters. The van der Waals surface area contributed by atoms with Gasteiger partial charge in [0.15, 0.2) is 0 Å². The fourth-order valence-electron chi connectivity index (χ4n) is 1.66. The maximum Gasteiger partial charge on any atom is 0.113 e. The molecule has 5 nitrogen and oxygen atoms in total. The van der Waals surface area contributed by atoms with E-state index in [1.54, 1.807) is 11.8 Å². The average Bonchev–Trinajstić information content (AvgIpc) is 2.79. The van der Waals surface area contributed by atoms with Crippen molar-refractivity contribution in [3.05, 3.63) is 36.0 Å². The quantitative estimate of drug-likeness (QED) is 0.836. The normalized spacial score (nSPS) is 10.7. The van der Waals surface area contributed by atoms with Gasteiger partial charge in [0, 0.05) is 19.2 Å². The molecule has 0 amide bonds. The number of aromatic nitrogens is 3. The Balaban J connectivity index is 2.22. The molecule has 1 aromatic heterocycles. The highest BCUT2D eigenvalue weighted by Crippen LogP contribution is 2.17.